The highest BCUT2D eigenvalue weighted by molar-refractivity contribution is 5.97. The molecule has 2 aromatic rings. The standard InChI is InChI=1S/C17H21N5O2/c1-10(2)8-21-16(23)12-6-4-5-11(7-12)13-9-20-15(18)14(22-13)17(24)19-3/h4-7,9-10H,8H2,1-3H3,(H2,18,20)(H,19,24)(H,21,23). The first kappa shape index (κ1) is 17.4. The van der Waals surface area contributed by atoms with E-state index in [9.17, 15) is 9.59 Å². The average Bonchev–Trinajstić information content (AvgIpc) is 2.59. The number of carbonyl (C=O) groups excluding carboxylic acids is 2. The Morgan fingerprint density at radius 1 is 1.25 bits per heavy atom. The van der Waals surface area contributed by atoms with E-state index in [1.807, 2.05) is 13.8 Å². The Morgan fingerprint density at radius 3 is 2.67 bits per heavy atom. The first-order chi connectivity index (χ1) is 11.4. The molecular weight excluding hydrogens is 306 g/mol. The van der Waals surface area contributed by atoms with Crippen LogP contribution in [0.15, 0.2) is 30.5 Å². The van der Waals surface area contributed by atoms with Gasteiger partial charge in [0.1, 0.15) is 0 Å². The Bertz CT molecular complexity index is 758. The van der Waals surface area contributed by atoms with Crippen molar-refractivity contribution >= 4 is 17.6 Å². The Hall–Kier alpha value is -2.96. The van der Waals surface area contributed by atoms with Crippen LogP contribution >= 0.6 is 0 Å². The number of nitrogens with two attached hydrogens (primary N) is 1. The van der Waals surface area contributed by atoms with E-state index in [1.165, 1.54) is 13.2 Å². The Kier molecular flexibility index (Phi) is 5.47. The molecule has 1 heterocycles. The molecule has 24 heavy (non-hydrogen) atoms. The number of nitrogens with one attached hydrogen (secondary N) is 2. The first-order valence-corrected chi connectivity index (χ1v) is 7.65. The molecule has 126 valence electrons. The summed E-state index contributed by atoms with van der Waals surface area (Å²) < 4.78 is 0. The largest absolute Gasteiger partial charge is 0.382 e. The second kappa shape index (κ2) is 7.54. The summed E-state index contributed by atoms with van der Waals surface area (Å²) in [5.41, 5.74) is 7.43. The van der Waals surface area contributed by atoms with Crippen molar-refractivity contribution in [2.45, 2.75) is 13.8 Å². The van der Waals surface area contributed by atoms with Crippen molar-refractivity contribution in [1.29, 1.82) is 0 Å². The van der Waals surface area contributed by atoms with E-state index in [0.29, 0.717) is 29.3 Å². The molecule has 1 aromatic heterocycles. The van der Waals surface area contributed by atoms with Crippen molar-refractivity contribution in [2.75, 3.05) is 19.3 Å². The van der Waals surface area contributed by atoms with Crippen molar-refractivity contribution < 1.29 is 9.59 Å². The van der Waals surface area contributed by atoms with Gasteiger partial charge in [-0.2, -0.15) is 0 Å². The molecule has 0 aliphatic rings. The molecule has 2 amide bonds. The third-order valence-corrected chi connectivity index (χ3v) is 3.33. The van der Waals surface area contributed by atoms with E-state index in [0.717, 1.165) is 0 Å². The number of rotatable bonds is 5. The zero-order chi connectivity index (χ0) is 17.7. The van der Waals surface area contributed by atoms with Crippen LogP contribution in [-0.2, 0) is 0 Å². The van der Waals surface area contributed by atoms with Crippen LogP contribution in [0.2, 0.25) is 0 Å². The maximum absolute atomic E-state index is 12.2. The molecule has 7 nitrogen and oxygen atoms in total. The maximum Gasteiger partial charge on any atom is 0.273 e. The maximum atomic E-state index is 12.2. The minimum atomic E-state index is -0.410. The lowest BCUT2D eigenvalue weighted by Gasteiger charge is -2.09. The molecule has 0 aliphatic carbocycles. The van der Waals surface area contributed by atoms with Gasteiger partial charge in [0.25, 0.3) is 11.8 Å². The molecule has 0 aliphatic heterocycles. The summed E-state index contributed by atoms with van der Waals surface area (Å²) in [6.45, 7) is 4.66. The van der Waals surface area contributed by atoms with Gasteiger partial charge in [0.05, 0.1) is 11.9 Å². The molecule has 0 spiro atoms. The van der Waals surface area contributed by atoms with Crippen LogP contribution in [0.1, 0.15) is 34.7 Å². The SMILES string of the molecule is CNC(=O)c1nc(-c2cccc(C(=O)NCC(C)C)c2)cnc1N. The highest BCUT2D eigenvalue weighted by Gasteiger charge is 2.14. The Labute approximate surface area is 140 Å². The highest BCUT2D eigenvalue weighted by Crippen LogP contribution is 2.20. The second-order valence-electron chi connectivity index (χ2n) is 5.75. The van der Waals surface area contributed by atoms with Crippen LogP contribution < -0.4 is 16.4 Å². The van der Waals surface area contributed by atoms with Crippen molar-refractivity contribution in [3.8, 4) is 11.3 Å². The average molecular weight is 327 g/mol. The minimum absolute atomic E-state index is 0.0592. The molecule has 0 radical (unpaired) electrons. The van der Waals surface area contributed by atoms with Gasteiger partial charge < -0.3 is 16.4 Å². The number of aromatic nitrogens is 2. The van der Waals surface area contributed by atoms with Crippen LogP contribution in [0.25, 0.3) is 11.3 Å². The van der Waals surface area contributed by atoms with Crippen molar-refractivity contribution in [3.63, 3.8) is 0 Å². The zero-order valence-electron chi connectivity index (χ0n) is 14.0. The van der Waals surface area contributed by atoms with Gasteiger partial charge in [0, 0.05) is 24.7 Å². The number of carbonyl (C=O) groups is 2. The molecule has 1 aromatic carbocycles. The van der Waals surface area contributed by atoms with Crippen LogP contribution in [-0.4, -0.2) is 35.4 Å². The van der Waals surface area contributed by atoms with Crippen LogP contribution in [0.3, 0.4) is 0 Å². The quantitative estimate of drug-likeness (QED) is 0.770. The van der Waals surface area contributed by atoms with Gasteiger partial charge in [-0.15, -0.1) is 0 Å². The second-order valence-corrected chi connectivity index (χ2v) is 5.75. The molecule has 0 bridgehead atoms. The molecule has 0 fully saturated rings. The van der Waals surface area contributed by atoms with Crippen LogP contribution in [0.4, 0.5) is 5.82 Å². The van der Waals surface area contributed by atoms with Gasteiger partial charge in [-0.25, -0.2) is 9.97 Å². The number of hydrogen-bond acceptors (Lipinski definition) is 5. The highest BCUT2D eigenvalue weighted by atomic mass is 16.2. The molecule has 0 saturated heterocycles. The third-order valence-electron chi connectivity index (χ3n) is 3.33. The van der Waals surface area contributed by atoms with E-state index in [-0.39, 0.29) is 17.4 Å². The molecule has 7 heteroatoms. The van der Waals surface area contributed by atoms with Gasteiger partial charge in [-0.05, 0) is 18.1 Å². The summed E-state index contributed by atoms with van der Waals surface area (Å²) in [6.07, 6.45) is 1.48. The number of benzene rings is 1. The van der Waals surface area contributed by atoms with E-state index >= 15 is 0 Å². The molecular formula is C17H21N5O2. The minimum Gasteiger partial charge on any atom is -0.382 e. The lowest BCUT2D eigenvalue weighted by Crippen LogP contribution is -2.27. The zero-order valence-corrected chi connectivity index (χ0v) is 14.0. The molecule has 4 N–H and O–H groups in total. The lowest BCUT2D eigenvalue weighted by molar-refractivity contribution is 0.0944. The molecule has 0 saturated carbocycles. The number of amides is 2. The fourth-order valence-electron chi connectivity index (χ4n) is 2.04. The van der Waals surface area contributed by atoms with Gasteiger partial charge in [0.15, 0.2) is 11.5 Å². The van der Waals surface area contributed by atoms with E-state index < -0.39 is 5.91 Å². The smallest absolute Gasteiger partial charge is 0.273 e. The lowest BCUT2D eigenvalue weighted by atomic mass is 10.1. The first-order valence-electron chi connectivity index (χ1n) is 7.65. The van der Waals surface area contributed by atoms with E-state index in [1.54, 1.807) is 24.3 Å². The van der Waals surface area contributed by atoms with Gasteiger partial charge >= 0.3 is 0 Å². The number of anilines is 1. The van der Waals surface area contributed by atoms with Gasteiger partial charge in [0.2, 0.25) is 0 Å². The fraction of sp³-hybridized carbons (Fsp3) is 0.294. The summed E-state index contributed by atoms with van der Waals surface area (Å²) >= 11 is 0. The summed E-state index contributed by atoms with van der Waals surface area (Å²) in [5.74, 6) is -0.132. The normalized spacial score (nSPS) is 10.5. The van der Waals surface area contributed by atoms with Crippen molar-refractivity contribution in [3.05, 3.63) is 41.7 Å². The topological polar surface area (TPSA) is 110 Å². The number of nitrogen functional groups attached to an aromatic ring is 1. The number of hydrogen-bond donors (Lipinski definition) is 3. The van der Waals surface area contributed by atoms with Crippen LogP contribution in [0.5, 0.6) is 0 Å². The number of nitrogens with zero attached hydrogens (tertiary/aromatic N) is 2. The van der Waals surface area contributed by atoms with Crippen molar-refractivity contribution in [1.82, 2.24) is 20.6 Å². The van der Waals surface area contributed by atoms with Gasteiger partial charge in [-0.3, -0.25) is 9.59 Å². The summed E-state index contributed by atoms with van der Waals surface area (Å²) in [6, 6.07) is 7.00. The fourth-order valence-corrected chi connectivity index (χ4v) is 2.04. The summed E-state index contributed by atoms with van der Waals surface area (Å²) in [7, 11) is 1.50. The summed E-state index contributed by atoms with van der Waals surface area (Å²) in [4.78, 5) is 32.2. The predicted molar refractivity (Wildman–Crippen MR) is 92.4 cm³/mol. The van der Waals surface area contributed by atoms with E-state index in [4.69, 9.17) is 5.73 Å². The van der Waals surface area contributed by atoms with Crippen molar-refractivity contribution in [2.24, 2.45) is 5.92 Å². The van der Waals surface area contributed by atoms with Gasteiger partial charge in [-0.1, -0.05) is 26.0 Å². The Morgan fingerprint density at radius 2 is 2.00 bits per heavy atom. The monoisotopic (exact) mass is 327 g/mol. The van der Waals surface area contributed by atoms with E-state index in [2.05, 4.69) is 20.6 Å². The van der Waals surface area contributed by atoms with Crippen LogP contribution in [0, 0.1) is 5.92 Å². The molecule has 2 rings (SSSR count). The Balaban J connectivity index is 2.32. The predicted octanol–water partition coefficient (Wildman–Crippen LogP) is 1.47. The molecule has 0 unspecified atom stereocenters. The third kappa shape index (κ3) is 4.07. The summed E-state index contributed by atoms with van der Waals surface area (Å²) in [5, 5.41) is 5.34. The molecule has 0 atom stereocenters.